The average Bonchev–Trinajstić information content (AvgIpc) is 2.90. The van der Waals surface area contributed by atoms with Gasteiger partial charge in [-0.1, -0.05) is 13.8 Å². The van der Waals surface area contributed by atoms with Crippen molar-refractivity contribution in [2.24, 2.45) is 5.92 Å². The second-order valence-electron chi connectivity index (χ2n) is 5.17. The van der Waals surface area contributed by atoms with Crippen LogP contribution in [-0.2, 0) is 16.1 Å². The van der Waals surface area contributed by atoms with E-state index in [4.69, 9.17) is 4.74 Å². The minimum Gasteiger partial charge on any atom is -0.454 e. The molecule has 0 amide bonds. The summed E-state index contributed by atoms with van der Waals surface area (Å²) in [6, 6.07) is 3.81. The van der Waals surface area contributed by atoms with E-state index in [0.29, 0.717) is 12.3 Å². The minimum absolute atomic E-state index is 0.183. The molecule has 0 spiro atoms. The molecule has 2 aromatic rings. The number of carbonyl (C=O) groups excluding carboxylic acids is 1. The summed E-state index contributed by atoms with van der Waals surface area (Å²) < 4.78 is 7.19. The summed E-state index contributed by atoms with van der Waals surface area (Å²) in [7, 11) is 0. The smallest absolute Gasteiger partial charge is 0.306 e. The molecule has 0 radical (unpaired) electrons. The molecule has 0 aromatic carbocycles. The molecular formula is C15H20N4O2S. The molecule has 2 rings (SSSR count). The van der Waals surface area contributed by atoms with Gasteiger partial charge in [-0.15, -0.1) is 10.2 Å². The summed E-state index contributed by atoms with van der Waals surface area (Å²) in [5.41, 5.74) is 0.917. The third kappa shape index (κ3) is 4.30. The number of thioether (sulfide) groups is 1. The SMILES string of the molecule is CCn1c(SCOC(=O)CC(C)C)nnc1-c1cccnc1. The number of esters is 1. The van der Waals surface area contributed by atoms with Gasteiger partial charge in [0.05, 0.1) is 0 Å². The van der Waals surface area contributed by atoms with Gasteiger partial charge in [0.15, 0.2) is 11.0 Å². The average molecular weight is 320 g/mol. The van der Waals surface area contributed by atoms with Gasteiger partial charge >= 0.3 is 5.97 Å². The zero-order valence-electron chi connectivity index (χ0n) is 13.0. The van der Waals surface area contributed by atoms with Gasteiger partial charge in [-0.25, -0.2) is 0 Å². The van der Waals surface area contributed by atoms with Crippen molar-refractivity contribution in [3.8, 4) is 11.4 Å². The number of carbonyl (C=O) groups is 1. The standard InChI is InChI=1S/C15H20N4O2S/c1-4-19-14(12-6-5-7-16-9-12)17-18-15(19)22-10-21-13(20)8-11(2)3/h5-7,9,11H,4,8,10H2,1-3H3. The van der Waals surface area contributed by atoms with Gasteiger partial charge in [0.1, 0.15) is 5.94 Å². The summed E-state index contributed by atoms with van der Waals surface area (Å²) in [6.07, 6.45) is 3.91. The molecule has 0 bridgehead atoms. The molecule has 7 heteroatoms. The van der Waals surface area contributed by atoms with Gasteiger partial charge in [-0.2, -0.15) is 0 Å². The van der Waals surface area contributed by atoms with Gasteiger partial charge in [0, 0.05) is 30.9 Å². The second kappa shape index (κ2) is 7.93. The van der Waals surface area contributed by atoms with E-state index in [9.17, 15) is 4.79 Å². The first kappa shape index (κ1) is 16.5. The Bertz CT molecular complexity index is 613. The van der Waals surface area contributed by atoms with Crippen molar-refractivity contribution in [2.75, 3.05) is 5.94 Å². The Balaban J connectivity index is 2.01. The molecule has 0 aliphatic carbocycles. The molecule has 0 unspecified atom stereocenters. The maximum absolute atomic E-state index is 11.5. The van der Waals surface area contributed by atoms with Crippen LogP contribution in [0.15, 0.2) is 29.7 Å². The van der Waals surface area contributed by atoms with Crippen LogP contribution in [-0.4, -0.2) is 31.7 Å². The van der Waals surface area contributed by atoms with Crippen molar-refractivity contribution in [2.45, 2.75) is 38.9 Å². The first-order valence-electron chi connectivity index (χ1n) is 7.23. The summed E-state index contributed by atoms with van der Waals surface area (Å²) in [6.45, 7) is 6.74. The van der Waals surface area contributed by atoms with Gasteiger partial charge < -0.3 is 9.30 Å². The van der Waals surface area contributed by atoms with E-state index in [-0.39, 0.29) is 11.9 Å². The fourth-order valence-corrected chi connectivity index (χ4v) is 2.70. The number of rotatable bonds is 7. The lowest BCUT2D eigenvalue weighted by Crippen LogP contribution is -2.08. The van der Waals surface area contributed by atoms with Crippen LogP contribution in [0.4, 0.5) is 0 Å². The predicted octanol–water partition coefficient (Wildman–Crippen LogP) is 3.00. The Hall–Kier alpha value is -1.89. The summed E-state index contributed by atoms with van der Waals surface area (Å²) >= 11 is 1.37. The lowest BCUT2D eigenvalue weighted by molar-refractivity contribution is -0.142. The molecule has 22 heavy (non-hydrogen) atoms. The third-order valence-electron chi connectivity index (χ3n) is 2.94. The van der Waals surface area contributed by atoms with Crippen LogP contribution < -0.4 is 0 Å². The van der Waals surface area contributed by atoms with Crippen LogP contribution in [0.1, 0.15) is 27.2 Å². The van der Waals surface area contributed by atoms with Gasteiger partial charge in [0.2, 0.25) is 0 Å². The number of ether oxygens (including phenoxy) is 1. The predicted molar refractivity (Wildman–Crippen MR) is 85.2 cm³/mol. The molecule has 0 aliphatic heterocycles. The van der Waals surface area contributed by atoms with Gasteiger partial charge in [-0.05, 0) is 36.7 Å². The maximum atomic E-state index is 11.5. The summed E-state index contributed by atoms with van der Waals surface area (Å²) in [5, 5.41) is 9.13. The number of pyridine rings is 1. The normalized spacial score (nSPS) is 10.9. The maximum Gasteiger partial charge on any atom is 0.306 e. The molecule has 118 valence electrons. The van der Waals surface area contributed by atoms with E-state index >= 15 is 0 Å². The highest BCUT2D eigenvalue weighted by Crippen LogP contribution is 2.23. The number of hydrogen-bond donors (Lipinski definition) is 0. The minimum atomic E-state index is -0.183. The lowest BCUT2D eigenvalue weighted by atomic mass is 10.1. The zero-order chi connectivity index (χ0) is 15.9. The van der Waals surface area contributed by atoms with Crippen molar-refractivity contribution < 1.29 is 9.53 Å². The molecule has 0 saturated carbocycles. The Morgan fingerprint density at radius 3 is 2.86 bits per heavy atom. The highest BCUT2D eigenvalue weighted by molar-refractivity contribution is 7.99. The monoisotopic (exact) mass is 320 g/mol. The van der Waals surface area contributed by atoms with Crippen LogP contribution in [0.3, 0.4) is 0 Å². The molecule has 0 atom stereocenters. The quantitative estimate of drug-likeness (QED) is 0.444. The molecule has 2 aromatic heterocycles. The van der Waals surface area contributed by atoms with Gasteiger partial charge in [-0.3, -0.25) is 9.78 Å². The van der Waals surface area contributed by atoms with Gasteiger partial charge in [0.25, 0.3) is 0 Å². The molecule has 0 saturated heterocycles. The first-order chi connectivity index (χ1) is 10.6. The van der Waals surface area contributed by atoms with Crippen molar-refractivity contribution in [3.63, 3.8) is 0 Å². The second-order valence-corrected chi connectivity index (χ2v) is 6.06. The topological polar surface area (TPSA) is 69.9 Å². The van der Waals surface area contributed by atoms with E-state index in [1.54, 1.807) is 12.4 Å². The summed E-state index contributed by atoms with van der Waals surface area (Å²) in [4.78, 5) is 15.6. The Morgan fingerprint density at radius 2 is 2.23 bits per heavy atom. The fourth-order valence-electron chi connectivity index (χ4n) is 1.93. The lowest BCUT2D eigenvalue weighted by Gasteiger charge is -2.08. The van der Waals surface area contributed by atoms with Crippen LogP contribution in [0, 0.1) is 5.92 Å². The van der Waals surface area contributed by atoms with E-state index in [2.05, 4.69) is 15.2 Å². The van der Waals surface area contributed by atoms with Crippen LogP contribution >= 0.6 is 11.8 Å². The highest BCUT2D eigenvalue weighted by Gasteiger charge is 2.14. The van der Waals surface area contributed by atoms with E-state index in [0.717, 1.165) is 23.1 Å². The number of hydrogen-bond acceptors (Lipinski definition) is 6. The van der Waals surface area contributed by atoms with E-state index < -0.39 is 0 Å². The highest BCUT2D eigenvalue weighted by atomic mass is 32.2. The number of aromatic nitrogens is 4. The fraction of sp³-hybridized carbons (Fsp3) is 0.467. The van der Waals surface area contributed by atoms with E-state index in [1.807, 2.05) is 37.5 Å². The zero-order valence-corrected chi connectivity index (χ0v) is 13.8. The molecule has 2 heterocycles. The molecule has 6 nitrogen and oxygen atoms in total. The largest absolute Gasteiger partial charge is 0.454 e. The molecule has 0 fully saturated rings. The Kier molecular flexibility index (Phi) is 5.94. The van der Waals surface area contributed by atoms with Crippen LogP contribution in [0.25, 0.3) is 11.4 Å². The van der Waals surface area contributed by atoms with Crippen LogP contribution in [0.2, 0.25) is 0 Å². The van der Waals surface area contributed by atoms with Crippen molar-refractivity contribution in [1.82, 2.24) is 19.7 Å². The van der Waals surface area contributed by atoms with Crippen molar-refractivity contribution >= 4 is 17.7 Å². The third-order valence-corrected chi connectivity index (χ3v) is 3.73. The molecule has 0 N–H and O–H groups in total. The summed E-state index contributed by atoms with van der Waals surface area (Å²) in [5.74, 6) is 1.13. The van der Waals surface area contributed by atoms with E-state index in [1.165, 1.54) is 11.8 Å². The van der Waals surface area contributed by atoms with Crippen LogP contribution in [0.5, 0.6) is 0 Å². The number of nitrogens with zero attached hydrogens (tertiary/aromatic N) is 4. The van der Waals surface area contributed by atoms with Crippen molar-refractivity contribution in [3.05, 3.63) is 24.5 Å². The van der Waals surface area contributed by atoms with Crippen molar-refractivity contribution in [1.29, 1.82) is 0 Å². The first-order valence-corrected chi connectivity index (χ1v) is 8.22. The Morgan fingerprint density at radius 1 is 1.41 bits per heavy atom. The molecular weight excluding hydrogens is 300 g/mol. The Labute approximate surface area is 134 Å². The molecule has 0 aliphatic rings.